The quantitative estimate of drug-likeness (QED) is 0.850. The molecule has 6 nitrogen and oxygen atoms in total. The number of hydrogen-bond acceptors (Lipinski definition) is 5. The predicted octanol–water partition coefficient (Wildman–Crippen LogP) is 2.11. The molecule has 2 heterocycles. The second kappa shape index (κ2) is 6.56. The van der Waals surface area contributed by atoms with E-state index in [1.807, 2.05) is 4.90 Å². The van der Waals surface area contributed by atoms with Crippen molar-refractivity contribution in [2.24, 2.45) is 5.92 Å². The SMILES string of the molecule is COCc1nc(C2CCCN(C(=O)C3CCCC3)C2)no1. The highest BCUT2D eigenvalue weighted by Gasteiger charge is 2.32. The summed E-state index contributed by atoms with van der Waals surface area (Å²) in [5.41, 5.74) is 0. The first-order valence-corrected chi connectivity index (χ1v) is 7.88. The average Bonchev–Trinajstić information content (AvgIpc) is 3.18. The molecule has 1 aromatic rings. The van der Waals surface area contributed by atoms with Gasteiger partial charge in [0.25, 0.3) is 5.89 Å². The van der Waals surface area contributed by atoms with Crippen molar-refractivity contribution in [3.8, 4) is 0 Å². The van der Waals surface area contributed by atoms with E-state index in [0.717, 1.165) is 38.8 Å². The number of methoxy groups -OCH3 is 1. The van der Waals surface area contributed by atoms with E-state index in [9.17, 15) is 4.79 Å². The molecule has 1 amide bonds. The minimum Gasteiger partial charge on any atom is -0.375 e. The highest BCUT2D eigenvalue weighted by Crippen LogP contribution is 2.30. The summed E-state index contributed by atoms with van der Waals surface area (Å²) < 4.78 is 10.2. The Morgan fingerprint density at radius 3 is 2.90 bits per heavy atom. The van der Waals surface area contributed by atoms with Crippen LogP contribution < -0.4 is 0 Å². The van der Waals surface area contributed by atoms with Crippen LogP contribution in [-0.2, 0) is 16.1 Å². The van der Waals surface area contributed by atoms with Crippen LogP contribution in [0.3, 0.4) is 0 Å². The van der Waals surface area contributed by atoms with Gasteiger partial charge in [0.15, 0.2) is 5.82 Å². The van der Waals surface area contributed by atoms with Crippen LogP contribution in [0.5, 0.6) is 0 Å². The van der Waals surface area contributed by atoms with Gasteiger partial charge in [-0.1, -0.05) is 18.0 Å². The molecule has 0 aromatic carbocycles. The first-order valence-electron chi connectivity index (χ1n) is 7.88. The Balaban J connectivity index is 1.63. The lowest BCUT2D eigenvalue weighted by molar-refractivity contribution is -0.136. The zero-order valence-electron chi connectivity index (χ0n) is 12.6. The average molecular weight is 293 g/mol. The van der Waals surface area contributed by atoms with Crippen LogP contribution >= 0.6 is 0 Å². The first kappa shape index (κ1) is 14.5. The number of carbonyl (C=O) groups is 1. The summed E-state index contributed by atoms with van der Waals surface area (Å²) in [7, 11) is 1.60. The van der Waals surface area contributed by atoms with Crippen molar-refractivity contribution in [3.63, 3.8) is 0 Å². The van der Waals surface area contributed by atoms with Gasteiger partial charge in [-0.15, -0.1) is 0 Å². The predicted molar refractivity (Wildman–Crippen MR) is 75.5 cm³/mol. The Morgan fingerprint density at radius 2 is 2.14 bits per heavy atom. The Labute approximate surface area is 124 Å². The highest BCUT2D eigenvalue weighted by atomic mass is 16.5. The normalized spacial score (nSPS) is 23.7. The fraction of sp³-hybridized carbons (Fsp3) is 0.800. The minimum atomic E-state index is 0.193. The van der Waals surface area contributed by atoms with Gasteiger partial charge in [0.1, 0.15) is 6.61 Å². The molecule has 1 aliphatic carbocycles. The third-order valence-corrected chi connectivity index (χ3v) is 4.55. The molecule has 116 valence electrons. The maximum Gasteiger partial charge on any atom is 0.252 e. The van der Waals surface area contributed by atoms with Crippen molar-refractivity contribution >= 4 is 5.91 Å². The molecule has 0 bridgehead atoms. The van der Waals surface area contributed by atoms with Crippen LogP contribution in [0.1, 0.15) is 56.2 Å². The summed E-state index contributed by atoms with van der Waals surface area (Å²) in [6, 6.07) is 0. The van der Waals surface area contributed by atoms with Crippen molar-refractivity contribution in [2.75, 3.05) is 20.2 Å². The topological polar surface area (TPSA) is 68.5 Å². The van der Waals surface area contributed by atoms with E-state index in [1.165, 1.54) is 12.8 Å². The number of nitrogens with zero attached hydrogens (tertiary/aromatic N) is 3. The van der Waals surface area contributed by atoms with Crippen molar-refractivity contribution in [3.05, 3.63) is 11.7 Å². The molecule has 1 aromatic heterocycles. The Kier molecular flexibility index (Phi) is 4.53. The molecular formula is C15H23N3O3. The van der Waals surface area contributed by atoms with Crippen molar-refractivity contribution in [2.45, 2.75) is 51.0 Å². The van der Waals surface area contributed by atoms with Gasteiger partial charge in [-0.05, 0) is 25.7 Å². The molecule has 0 N–H and O–H groups in total. The lowest BCUT2D eigenvalue weighted by Crippen LogP contribution is -2.42. The van der Waals surface area contributed by atoms with Gasteiger partial charge in [-0.2, -0.15) is 4.98 Å². The number of amides is 1. The number of aromatic nitrogens is 2. The molecule has 21 heavy (non-hydrogen) atoms. The largest absolute Gasteiger partial charge is 0.375 e. The van der Waals surface area contributed by atoms with Gasteiger partial charge in [-0.25, -0.2) is 0 Å². The third kappa shape index (κ3) is 3.26. The maximum atomic E-state index is 12.5. The number of ether oxygens (including phenoxy) is 1. The summed E-state index contributed by atoms with van der Waals surface area (Å²) in [5, 5.41) is 4.05. The number of piperidine rings is 1. The molecule has 1 aliphatic heterocycles. The van der Waals surface area contributed by atoms with E-state index in [1.54, 1.807) is 7.11 Å². The fourth-order valence-electron chi connectivity index (χ4n) is 3.43. The molecule has 1 saturated carbocycles. The van der Waals surface area contributed by atoms with E-state index in [-0.39, 0.29) is 11.8 Å². The zero-order chi connectivity index (χ0) is 14.7. The highest BCUT2D eigenvalue weighted by molar-refractivity contribution is 5.79. The lowest BCUT2D eigenvalue weighted by Gasteiger charge is -2.33. The van der Waals surface area contributed by atoms with Crippen molar-refractivity contribution in [1.82, 2.24) is 15.0 Å². The van der Waals surface area contributed by atoms with Gasteiger partial charge in [-0.3, -0.25) is 4.79 Å². The summed E-state index contributed by atoms with van der Waals surface area (Å²) in [6.07, 6.45) is 6.52. The van der Waals surface area contributed by atoms with Crippen LogP contribution in [0, 0.1) is 5.92 Å². The molecule has 2 fully saturated rings. The summed E-state index contributed by atoms with van der Waals surface area (Å²) in [6.45, 7) is 1.93. The van der Waals surface area contributed by atoms with E-state index in [2.05, 4.69) is 10.1 Å². The molecule has 6 heteroatoms. The Bertz CT molecular complexity index is 482. The molecule has 3 rings (SSSR count). The maximum absolute atomic E-state index is 12.5. The standard InChI is InChI=1S/C15H23N3O3/c1-20-10-13-16-14(17-21-13)12-7-4-8-18(9-12)15(19)11-5-2-3-6-11/h11-12H,2-10H2,1H3. The number of rotatable bonds is 4. The van der Waals surface area contributed by atoms with Gasteiger partial charge in [0, 0.05) is 32.0 Å². The van der Waals surface area contributed by atoms with Gasteiger partial charge in [0.05, 0.1) is 0 Å². The molecule has 0 spiro atoms. The molecule has 2 aliphatic rings. The lowest BCUT2D eigenvalue weighted by atomic mass is 9.95. The Hall–Kier alpha value is -1.43. The van der Waals surface area contributed by atoms with Crippen LogP contribution in [0.15, 0.2) is 4.52 Å². The van der Waals surface area contributed by atoms with Crippen molar-refractivity contribution in [1.29, 1.82) is 0 Å². The minimum absolute atomic E-state index is 0.193. The van der Waals surface area contributed by atoms with Crippen LogP contribution in [-0.4, -0.2) is 41.1 Å². The molecule has 1 unspecified atom stereocenters. The summed E-state index contributed by atoms with van der Waals surface area (Å²) >= 11 is 0. The number of carbonyl (C=O) groups excluding carboxylic acids is 1. The smallest absolute Gasteiger partial charge is 0.252 e. The molecule has 0 radical (unpaired) electrons. The van der Waals surface area contributed by atoms with Crippen LogP contribution in [0.25, 0.3) is 0 Å². The first-order chi connectivity index (χ1) is 10.3. The third-order valence-electron chi connectivity index (χ3n) is 4.55. The van der Waals surface area contributed by atoms with Gasteiger partial charge in [0.2, 0.25) is 5.91 Å². The van der Waals surface area contributed by atoms with Gasteiger partial charge < -0.3 is 14.2 Å². The number of hydrogen-bond donors (Lipinski definition) is 0. The summed E-state index contributed by atoms with van der Waals surface area (Å²) in [5.74, 6) is 1.99. The molecular weight excluding hydrogens is 270 g/mol. The molecule has 1 saturated heterocycles. The van der Waals surface area contributed by atoms with E-state index in [0.29, 0.717) is 24.2 Å². The monoisotopic (exact) mass is 293 g/mol. The number of likely N-dealkylation sites (tertiary alicyclic amines) is 1. The van der Waals surface area contributed by atoms with Gasteiger partial charge >= 0.3 is 0 Å². The van der Waals surface area contributed by atoms with E-state index in [4.69, 9.17) is 9.26 Å². The van der Waals surface area contributed by atoms with Crippen molar-refractivity contribution < 1.29 is 14.1 Å². The van der Waals surface area contributed by atoms with Crippen LogP contribution in [0.4, 0.5) is 0 Å². The summed E-state index contributed by atoms with van der Waals surface area (Å²) in [4.78, 5) is 18.9. The fourth-order valence-corrected chi connectivity index (χ4v) is 3.43. The molecule has 1 atom stereocenters. The van der Waals surface area contributed by atoms with E-state index >= 15 is 0 Å². The Morgan fingerprint density at radius 1 is 1.33 bits per heavy atom. The van der Waals surface area contributed by atoms with Crippen LogP contribution in [0.2, 0.25) is 0 Å². The zero-order valence-corrected chi connectivity index (χ0v) is 12.6. The second-order valence-electron chi connectivity index (χ2n) is 6.08. The van der Waals surface area contributed by atoms with E-state index < -0.39 is 0 Å². The second-order valence-corrected chi connectivity index (χ2v) is 6.08.